The van der Waals surface area contributed by atoms with Crippen LogP contribution >= 0.6 is 0 Å². The Balaban J connectivity index is 2.03. The average Bonchev–Trinajstić information content (AvgIpc) is 2.74. The number of aromatic nitrogens is 1. The van der Waals surface area contributed by atoms with Crippen LogP contribution in [0.2, 0.25) is 0 Å². The Bertz CT molecular complexity index is 306. The van der Waals surface area contributed by atoms with Crippen LogP contribution in [0.1, 0.15) is 5.69 Å². The van der Waals surface area contributed by atoms with Gasteiger partial charge in [-0.2, -0.15) is 0 Å². The number of aromatic amines is 1. The Labute approximate surface area is 71.3 Å². The van der Waals surface area contributed by atoms with Crippen LogP contribution in [-0.2, 0) is 0 Å². The molecule has 1 aromatic rings. The molecule has 0 saturated heterocycles. The van der Waals surface area contributed by atoms with Gasteiger partial charge in [-0.05, 0) is 12.1 Å². The fourth-order valence-corrected chi connectivity index (χ4v) is 1.11. The lowest BCUT2D eigenvalue weighted by atomic mass is 10.3. The van der Waals surface area contributed by atoms with E-state index >= 15 is 0 Å². The van der Waals surface area contributed by atoms with Crippen molar-refractivity contribution >= 4 is 6.21 Å². The van der Waals surface area contributed by atoms with Gasteiger partial charge in [0.15, 0.2) is 0 Å². The third-order valence-corrected chi connectivity index (χ3v) is 1.74. The van der Waals surface area contributed by atoms with E-state index in [9.17, 15) is 0 Å². The molecule has 0 spiro atoms. The molecule has 1 aliphatic carbocycles. The number of hydrogen-bond acceptors (Lipinski definition) is 1. The molecule has 1 N–H and O–H groups in total. The molecule has 2 nitrogen and oxygen atoms in total. The van der Waals surface area contributed by atoms with Crippen molar-refractivity contribution in [2.24, 2.45) is 4.99 Å². The van der Waals surface area contributed by atoms with Gasteiger partial charge in [-0.3, -0.25) is 4.99 Å². The minimum Gasteiger partial charge on any atom is -0.360 e. The highest BCUT2D eigenvalue weighted by Crippen LogP contribution is 2.03. The SMILES string of the molecule is C1=CC(N=Cc2ccc[nH]2)C=C1. The number of rotatable bonds is 2. The van der Waals surface area contributed by atoms with Crippen LogP contribution in [0.4, 0.5) is 0 Å². The van der Waals surface area contributed by atoms with E-state index in [-0.39, 0.29) is 6.04 Å². The smallest absolute Gasteiger partial charge is 0.0868 e. The molecule has 2 rings (SSSR count). The molecule has 0 radical (unpaired) electrons. The maximum atomic E-state index is 4.34. The van der Waals surface area contributed by atoms with E-state index in [2.05, 4.69) is 22.1 Å². The summed E-state index contributed by atoms with van der Waals surface area (Å²) in [7, 11) is 0. The molecule has 1 aliphatic rings. The summed E-state index contributed by atoms with van der Waals surface area (Å²) in [6.45, 7) is 0. The van der Waals surface area contributed by atoms with E-state index in [0.717, 1.165) is 5.69 Å². The predicted octanol–water partition coefficient (Wildman–Crippen LogP) is 1.93. The van der Waals surface area contributed by atoms with Crippen LogP contribution in [0.25, 0.3) is 0 Å². The molecule has 0 unspecified atom stereocenters. The van der Waals surface area contributed by atoms with E-state index < -0.39 is 0 Å². The number of nitrogens with one attached hydrogen (secondary N) is 1. The van der Waals surface area contributed by atoms with Crippen molar-refractivity contribution in [2.45, 2.75) is 6.04 Å². The summed E-state index contributed by atoms with van der Waals surface area (Å²) in [6.07, 6.45) is 11.9. The zero-order valence-electron chi connectivity index (χ0n) is 6.64. The maximum Gasteiger partial charge on any atom is 0.0868 e. The number of allylic oxidation sites excluding steroid dienone is 2. The van der Waals surface area contributed by atoms with Crippen LogP contribution < -0.4 is 0 Å². The third-order valence-electron chi connectivity index (χ3n) is 1.74. The van der Waals surface area contributed by atoms with Gasteiger partial charge in [-0.1, -0.05) is 24.3 Å². The molecule has 12 heavy (non-hydrogen) atoms. The van der Waals surface area contributed by atoms with Crippen molar-refractivity contribution in [3.05, 3.63) is 48.3 Å². The fraction of sp³-hybridized carbons (Fsp3) is 0.100. The molecule has 0 bridgehead atoms. The second kappa shape index (κ2) is 3.22. The van der Waals surface area contributed by atoms with Crippen molar-refractivity contribution < 1.29 is 0 Å². The summed E-state index contributed by atoms with van der Waals surface area (Å²) in [5.74, 6) is 0. The topological polar surface area (TPSA) is 28.1 Å². The minimum atomic E-state index is 0.230. The summed E-state index contributed by atoms with van der Waals surface area (Å²) in [4.78, 5) is 7.40. The van der Waals surface area contributed by atoms with E-state index in [0.29, 0.717) is 0 Å². The molecule has 0 amide bonds. The first-order valence-corrected chi connectivity index (χ1v) is 3.97. The van der Waals surface area contributed by atoms with Crippen LogP contribution in [0, 0.1) is 0 Å². The highest BCUT2D eigenvalue weighted by molar-refractivity contribution is 5.77. The molecule has 0 saturated carbocycles. The van der Waals surface area contributed by atoms with Gasteiger partial charge >= 0.3 is 0 Å². The summed E-state index contributed by atoms with van der Waals surface area (Å²) in [6, 6.07) is 4.18. The third kappa shape index (κ3) is 1.53. The quantitative estimate of drug-likeness (QED) is 0.637. The molecular weight excluding hydrogens is 148 g/mol. The van der Waals surface area contributed by atoms with Crippen molar-refractivity contribution in [3.63, 3.8) is 0 Å². The van der Waals surface area contributed by atoms with Crippen molar-refractivity contribution in [1.29, 1.82) is 0 Å². The largest absolute Gasteiger partial charge is 0.360 e. The first kappa shape index (κ1) is 7.10. The summed E-state index contributed by atoms with van der Waals surface area (Å²) < 4.78 is 0. The van der Waals surface area contributed by atoms with Crippen molar-refractivity contribution in [3.8, 4) is 0 Å². The zero-order valence-corrected chi connectivity index (χ0v) is 6.64. The average molecular weight is 158 g/mol. The molecule has 60 valence electrons. The van der Waals surface area contributed by atoms with Gasteiger partial charge in [0.1, 0.15) is 0 Å². The lowest BCUT2D eigenvalue weighted by Crippen LogP contribution is -1.92. The molecule has 1 heterocycles. The van der Waals surface area contributed by atoms with Crippen LogP contribution in [-0.4, -0.2) is 17.2 Å². The first-order valence-electron chi connectivity index (χ1n) is 3.97. The van der Waals surface area contributed by atoms with E-state index in [4.69, 9.17) is 0 Å². The van der Waals surface area contributed by atoms with Crippen LogP contribution in [0.3, 0.4) is 0 Å². The normalized spacial score (nSPS) is 16.7. The standard InChI is InChI=1S/C10H10N2/c1-2-5-9(4-1)12-8-10-6-3-7-11-10/h1-9,11H. The Morgan fingerprint density at radius 2 is 2.17 bits per heavy atom. The maximum absolute atomic E-state index is 4.34. The highest BCUT2D eigenvalue weighted by Gasteiger charge is 1.97. The fourth-order valence-electron chi connectivity index (χ4n) is 1.11. The molecule has 0 aromatic carbocycles. The molecule has 0 fully saturated rings. The van der Waals surface area contributed by atoms with Gasteiger partial charge in [-0.15, -0.1) is 0 Å². The molecule has 0 atom stereocenters. The second-order valence-corrected chi connectivity index (χ2v) is 2.66. The summed E-state index contributed by atoms with van der Waals surface area (Å²) in [5.41, 5.74) is 1.05. The zero-order chi connectivity index (χ0) is 8.23. The van der Waals surface area contributed by atoms with E-state index in [1.165, 1.54) is 0 Å². The Morgan fingerprint density at radius 1 is 1.33 bits per heavy atom. The number of hydrogen-bond donors (Lipinski definition) is 1. The first-order chi connectivity index (χ1) is 5.95. The Hall–Kier alpha value is -1.57. The van der Waals surface area contributed by atoms with Crippen LogP contribution in [0.5, 0.6) is 0 Å². The van der Waals surface area contributed by atoms with Gasteiger partial charge in [0, 0.05) is 12.4 Å². The van der Waals surface area contributed by atoms with Gasteiger partial charge in [0.25, 0.3) is 0 Å². The van der Waals surface area contributed by atoms with Crippen molar-refractivity contribution in [2.75, 3.05) is 0 Å². The minimum absolute atomic E-state index is 0.230. The number of aliphatic imine (C=N–C) groups is 1. The molecule has 0 aliphatic heterocycles. The summed E-state index contributed by atoms with van der Waals surface area (Å²) in [5, 5.41) is 0. The monoisotopic (exact) mass is 158 g/mol. The number of H-pyrrole nitrogens is 1. The Kier molecular flexibility index (Phi) is 1.90. The van der Waals surface area contributed by atoms with Crippen molar-refractivity contribution in [1.82, 2.24) is 4.98 Å². The number of nitrogens with zero attached hydrogens (tertiary/aromatic N) is 1. The molecule has 2 heteroatoms. The van der Waals surface area contributed by atoms with Gasteiger partial charge in [-0.25, -0.2) is 0 Å². The highest BCUT2D eigenvalue weighted by atomic mass is 14.8. The molecular formula is C10H10N2. The van der Waals surface area contributed by atoms with Gasteiger partial charge < -0.3 is 4.98 Å². The van der Waals surface area contributed by atoms with E-state index in [1.807, 2.05) is 36.7 Å². The Morgan fingerprint density at radius 3 is 2.83 bits per heavy atom. The lowest BCUT2D eigenvalue weighted by molar-refractivity contribution is 1.05. The second-order valence-electron chi connectivity index (χ2n) is 2.66. The van der Waals surface area contributed by atoms with E-state index in [1.54, 1.807) is 0 Å². The lowest BCUT2D eigenvalue weighted by Gasteiger charge is -1.93. The predicted molar refractivity (Wildman–Crippen MR) is 50.5 cm³/mol. The van der Waals surface area contributed by atoms with Gasteiger partial charge in [0.2, 0.25) is 0 Å². The molecule has 1 aromatic heterocycles. The van der Waals surface area contributed by atoms with Crippen LogP contribution in [0.15, 0.2) is 47.6 Å². The summed E-state index contributed by atoms with van der Waals surface area (Å²) >= 11 is 0. The van der Waals surface area contributed by atoms with Gasteiger partial charge in [0.05, 0.1) is 11.7 Å².